The summed E-state index contributed by atoms with van der Waals surface area (Å²) in [7, 11) is 1.27. The highest BCUT2D eigenvalue weighted by molar-refractivity contribution is 6.02. The van der Waals surface area contributed by atoms with Gasteiger partial charge < -0.3 is 4.74 Å². The molecule has 1 saturated heterocycles. The molecule has 0 atom stereocenters. The Hall–Kier alpha value is -1.39. The molecule has 0 unspecified atom stereocenters. The number of hydrogen-bond acceptors (Lipinski definition) is 4. The number of carbonyl (C=O) groups excluding carboxylic acids is 3. The minimum absolute atomic E-state index is 0.0774. The summed E-state index contributed by atoms with van der Waals surface area (Å²) >= 11 is 0. The van der Waals surface area contributed by atoms with Crippen LogP contribution in [-0.2, 0) is 19.1 Å². The van der Waals surface area contributed by atoms with Crippen LogP contribution < -0.4 is 0 Å². The normalized spacial score (nSPS) is 16.5. The number of methoxy groups -OCH3 is 1. The van der Waals surface area contributed by atoms with Crippen LogP contribution in [0.25, 0.3) is 0 Å². The lowest BCUT2D eigenvalue weighted by Crippen LogP contribution is -2.31. The Morgan fingerprint density at radius 3 is 2.38 bits per heavy atom. The minimum Gasteiger partial charge on any atom is -0.469 e. The smallest absolute Gasteiger partial charge is 0.307 e. The van der Waals surface area contributed by atoms with E-state index < -0.39 is 5.97 Å². The highest BCUT2D eigenvalue weighted by atomic mass is 16.5. The summed E-state index contributed by atoms with van der Waals surface area (Å²) in [6, 6.07) is 0. The summed E-state index contributed by atoms with van der Waals surface area (Å²) < 4.78 is 4.39. The lowest BCUT2D eigenvalue weighted by atomic mass is 10.4. The van der Waals surface area contributed by atoms with Crippen molar-refractivity contribution in [1.82, 2.24) is 4.90 Å². The number of imide groups is 1. The summed E-state index contributed by atoms with van der Waals surface area (Å²) in [6.07, 6.45) is 0.605. The monoisotopic (exact) mass is 185 g/mol. The van der Waals surface area contributed by atoms with Gasteiger partial charge in [-0.1, -0.05) is 0 Å². The quantitative estimate of drug-likeness (QED) is 0.447. The molecular formula is C8H11NO4. The summed E-state index contributed by atoms with van der Waals surface area (Å²) in [4.78, 5) is 33.9. The predicted molar refractivity (Wildman–Crippen MR) is 42.6 cm³/mol. The average molecular weight is 185 g/mol. The van der Waals surface area contributed by atoms with Crippen LogP contribution in [0.3, 0.4) is 0 Å². The zero-order valence-corrected chi connectivity index (χ0v) is 7.41. The van der Waals surface area contributed by atoms with Gasteiger partial charge in [0.15, 0.2) is 0 Å². The number of likely N-dealkylation sites (tertiary alicyclic amines) is 1. The molecule has 0 bridgehead atoms. The number of amides is 2. The van der Waals surface area contributed by atoms with Gasteiger partial charge >= 0.3 is 5.97 Å². The highest BCUT2D eigenvalue weighted by Gasteiger charge is 2.28. The van der Waals surface area contributed by atoms with Gasteiger partial charge in [-0.15, -0.1) is 0 Å². The zero-order valence-electron chi connectivity index (χ0n) is 7.41. The van der Waals surface area contributed by atoms with Gasteiger partial charge in [0.2, 0.25) is 11.8 Å². The molecule has 0 radical (unpaired) electrons. The number of esters is 1. The molecule has 13 heavy (non-hydrogen) atoms. The van der Waals surface area contributed by atoms with E-state index in [1.54, 1.807) is 0 Å². The number of nitrogens with zero attached hydrogens (tertiary/aromatic N) is 1. The summed E-state index contributed by atoms with van der Waals surface area (Å²) in [5.41, 5.74) is 0. The van der Waals surface area contributed by atoms with Gasteiger partial charge in [-0.3, -0.25) is 19.3 Å². The molecule has 2 amide bonds. The molecule has 72 valence electrons. The first-order valence-corrected chi connectivity index (χ1v) is 4.05. The Morgan fingerprint density at radius 1 is 1.38 bits per heavy atom. The zero-order chi connectivity index (χ0) is 9.84. The summed E-state index contributed by atoms with van der Waals surface area (Å²) in [6.45, 7) is 0.143. The molecule has 0 aromatic heterocycles. The lowest BCUT2D eigenvalue weighted by molar-refractivity contribution is -0.143. The fourth-order valence-electron chi connectivity index (χ4n) is 1.18. The second-order valence-corrected chi connectivity index (χ2v) is 2.77. The van der Waals surface area contributed by atoms with Gasteiger partial charge in [0.1, 0.15) is 0 Å². The van der Waals surface area contributed by atoms with Gasteiger partial charge in [0, 0.05) is 19.4 Å². The van der Waals surface area contributed by atoms with Gasteiger partial charge in [-0.05, 0) is 0 Å². The van der Waals surface area contributed by atoms with Crippen molar-refractivity contribution in [2.45, 2.75) is 19.3 Å². The van der Waals surface area contributed by atoms with Gasteiger partial charge in [-0.25, -0.2) is 0 Å². The molecular weight excluding hydrogens is 174 g/mol. The van der Waals surface area contributed by atoms with Crippen molar-refractivity contribution in [2.24, 2.45) is 0 Å². The average Bonchev–Trinajstić information content (AvgIpc) is 2.43. The summed E-state index contributed by atoms with van der Waals surface area (Å²) in [5.74, 6) is -0.810. The molecule has 0 aromatic rings. The number of rotatable bonds is 3. The van der Waals surface area contributed by atoms with Crippen molar-refractivity contribution < 1.29 is 19.1 Å². The lowest BCUT2D eigenvalue weighted by Gasteiger charge is -2.11. The van der Waals surface area contributed by atoms with Crippen LogP contribution >= 0.6 is 0 Å². The fourth-order valence-corrected chi connectivity index (χ4v) is 1.18. The molecule has 1 fully saturated rings. The Balaban J connectivity index is 2.40. The largest absolute Gasteiger partial charge is 0.469 e. The van der Waals surface area contributed by atoms with E-state index in [4.69, 9.17) is 0 Å². The van der Waals surface area contributed by atoms with Crippen LogP contribution in [0.5, 0.6) is 0 Å². The van der Waals surface area contributed by atoms with E-state index in [0.717, 1.165) is 4.90 Å². The number of ether oxygens (including phenoxy) is 1. The SMILES string of the molecule is COC(=O)CCN1C(=O)CCC1=O. The highest BCUT2D eigenvalue weighted by Crippen LogP contribution is 2.11. The Kier molecular flexibility index (Phi) is 3.00. The maximum Gasteiger partial charge on any atom is 0.307 e. The molecule has 0 saturated carbocycles. The first-order valence-electron chi connectivity index (χ1n) is 4.05. The Labute approximate surface area is 75.6 Å². The maximum atomic E-state index is 11.0. The predicted octanol–water partition coefficient (Wildman–Crippen LogP) is -0.302. The molecule has 0 spiro atoms. The van der Waals surface area contributed by atoms with E-state index >= 15 is 0 Å². The summed E-state index contributed by atoms with van der Waals surface area (Å²) in [5, 5.41) is 0. The van der Waals surface area contributed by atoms with Crippen molar-refractivity contribution in [2.75, 3.05) is 13.7 Å². The van der Waals surface area contributed by atoms with Crippen LogP contribution in [0.4, 0.5) is 0 Å². The van der Waals surface area contributed by atoms with E-state index in [0.29, 0.717) is 0 Å². The molecule has 5 nitrogen and oxygen atoms in total. The van der Waals surface area contributed by atoms with E-state index in [-0.39, 0.29) is 37.6 Å². The molecule has 1 heterocycles. The number of carbonyl (C=O) groups is 3. The molecule has 1 aliphatic rings. The van der Waals surface area contributed by atoms with Crippen molar-refractivity contribution in [1.29, 1.82) is 0 Å². The topological polar surface area (TPSA) is 63.7 Å². The minimum atomic E-state index is -0.410. The van der Waals surface area contributed by atoms with Crippen LogP contribution in [0.15, 0.2) is 0 Å². The van der Waals surface area contributed by atoms with Gasteiger partial charge in [-0.2, -0.15) is 0 Å². The van der Waals surface area contributed by atoms with E-state index in [1.807, 2.05) is 0 Å². The first-order chi connectivity index (χ1) is 6.15. The van der Waals surface area contributed by atoms with Crippen molar-refractivity contribution in [3.63, 3.8) is 0 Å². The van der Waals surface area contributed by atoms with Crippen LogP contribution in [-0.4, -0.2) is 36.3 Å². The maximum absolute atomic E-state index is 11.0. The van der Waals surface area contributed by atoms with Crippen molar-refractivity contribution in [3.05, 3.63) is 0 Å². The second kappa shape index (κ2) is 4.02. The van der Waals surface area contributed by atoms with Gasteiger partial charge in [0.05, 0.1) is 13.5 Å². The number of hydrogen-bond donors (Lipinski definition) is 0. The van der Waals surface area contributed by atoms with E-state index in [1.165, 1.54) is 7.11 Å². The third kappa shape index (κ3) is 2.27. The molecule has 0 aromatic carbocycles. The van der Waals surface area contributed by atoms with Crippen LogP contribution in [0, 0.1) is 0 Å². The van der Waals surface area contributed by atoms with Crippen molar-refractivity contribution >= 4 is 17.8 Å². The molecule has 0 aliphatic carbocycles. The van der Waals surface area contributed by atoms with Gasteiger partial charge in [0.25, 0.3) is 0 Å². The molecule has 1 rings (SSSR count). The van der Waals surface area contributed by atoms with E-state index in [2.05, 4.69) is 4.74 Å². The van der Waals surface area contributed by atoms with Crippen LogP contribution in [0.2, 0.25) is 0 Å². The Bertz CT molecular complexity index is 233. The third-order valence-electron chi connectivity index (χ3n) is 1.92. The molecule has 1 aliphatic heterocycles. The standard InChI is InChI=1S/C8H11NO4/c1-13-8(12)4-5-9-6(10)2-3-7(9)11/h2-5H2,1H3. The first kappa shape index (κ1) is 9.70. The molecule has 5 heteroatoms. The third-order valence-corrected chi connectivity index (χ3v) is 1.92. The van der Waals surface area contributed by atoms with E-state index in [9.17, 15) is 14.4 Å². The fraction of sp³-hybridized carbons (Fsp3) is 0.625. The van der Waals surface area contributed by atoms with Crippen LogP contribution in [0.1, 0.15) is 19.3 Å². The molecule has 0 N–H and O–H groups in total. The second-order valence-electron chi connectivity index (χ2n) is 2.77. The Morgan fingerprint density at radius 2 is 1.92 bits per heavy atom. The van der Waals surface area contributed by atoms with Crippen molar-refractivity contribution in [3.8, 4) is 0 Å².